The van der Waals surface area contributed by atoms with Crippen LogP contribution in [0.25, 0.3) is 0 Å². The Bertz CT molecular complexity index is 939. The van der Waals surface area contributed by atoms with Gasteiger partial charge in [-0.05, 0) is 25.1 Å². The van der Waals surface area contributed by atoms with Crippen molar-refractivity contribution in [2.24, 2.45) is 0 Å². The van der Waals surface area contributed by atoms with Gasteiger partial charge in [-0.15, -0.1) is 0 Å². The number of non-ortho nitro benzene ring substituents is 1. The largest absolute Gasteiger partial charge is 0.449 e. The fourth-order valence-electron chi connectivity index (χ4n) is 1.92. The molecular formula is C16H10ClF3N2O5. The van der Waals surface area contributed by atoms with Gasteiger partial charge in [-0.3, -0.25) is 14.9 Å². The van der Waals surface area contributed by atoms with Gasteiger partial charge in [0.05, 0.1) is 21.2 Å². The van der Waals surface area contributed by atoms with Crippen LogP contribution in [0.1, 0.15) is 17.3 Å². The van der Waals surface area contributed by atoms with E-state index in [9.17, 15) is 32.9 Å². The first-order chi connectivity index (χ1) is 12.6. The van der Waals surface area contributed by atoms with E-state index in [1.54, 1.807) is 0 Å². The van der Waals surface area contributed by atoms with Crippen LogP contribution in [0.15, 0.2) is 30.3 Å². The second-order valence-electron chi connectivity index (χ2n) is 5.18. The lowest BCUT2D eigenvalue weighted by Crippen LogP contribution is -2.30. The topological polar surface area (TPSA) is 98.5 Å². The third kappa shape index (κ3) is 4.53. The second kappa shape index (κ2) is 8.04. The Hall–Kier alpha value is -3.14. The van der Waals surface area contributed by atoms with Gasteiger partial charge in [-0.1, -0.05) is 11.6 Å². The molecule has 0 spiro atoms. The molecule has 2 aromatic rings. The number of benzene rings is 2. The summed E-state index contributed by atoms with van der Waals surface area (Å²) in [7, 11) is 0. The molecule has 0 fully saturated rings. The van der Waals surface area contributed by atoms with Crippen LogP contribution in [0.5, 0.6) is 0 Å². The summed E-state index contributed by atoms with van der Waals surface area (Å²) in [5.74, 6) is -6.90. The quantitative estimate of drug-likeness (QED) is 0.354. The van der Waals surface area contributed by atoms with Gasteiger partial charge in [0.2, 0.25) is 0 Å². The normalized spacial score (nSPS) is 11.6. The molecule has 142 valence electrons. The highest BCUT2D eigenvalue weighted by Gasteiger charge is 2.23. The summed E-state index contributed by atoms with van der Waals surface area (Å²) in [6.07, 6.45) is -1.46. The average molecular weight is 403 g/mol. The number of nitro groups is 1. The highest BCUT2D eigenvalue weighted by atomic mass is 35.5. The molecule has 0 radical (unpaired) electrons. The van der Waals surface area contributed by atoms with Crippen molar-refractivity contribution in [3.05, 3.63) is 68.5 Å². The van der Waals surface area contributed by atoms with E-state index < -0.39 is 46.0 Å². The summed E-state index contributed by atoms with van der Waals surface area (Å²) in [6.45, 7) is 1.14. The number of hydrogen-bond acceptors (Lipinski definition) is 5. The van der Waals surface area contributed by atoms with Crippen LogP contribution in [0.2, 0.25) is 5.02 Å². The number of amides is 1. The van der Waals surface area contributed by atoms with Gasteiger partial charge in [0.1, 0.15) is 0 Å². The van der Waals surface area contributed by atoms with Crippen molar-refractivity contribution in [3.8, 4) is 0 Å². The van der Waals surface area contributed by atoms with Gasteiger partial charge < -0.3 is 10.1 Å². The molecule has 0 aliphatic rings. The van der Waals surface area contributed by atoms with Crippen LogP contribution in [0, 0.1) is 27.6 Å². The highest BCUT2D eigenvalue weighted by molar-refractivity contribution is 6.33. The molecule has 27 heavy (non-hydrogen) atoms. The minimum atomic E-state index is -1.77. The van der Waals surface area contributed by atoms with Crippen molar-refractivity contribution in [1.29, 1.82) is 0 Å². The molecule has 11 heteroatoms. The van der Waals surface area contributed by atoms with Crippen molar-refractivity contribution in [2.45, 2.75) is 13.0 Å². The molecule has 1 amide bonds. The molecule has 0 bridgehead atoms. The fraction of sp³-hybridized carbons (Fsp3) is 0.125. The summed E-state index contributed by atoms with van der Waals surface area (Å²) in [5.41, 5.74) is -1.23. The fourth-order valence-corrected chi connectivity index (χ4v) is 2.17. The third-order valence-electron chi connectivity index (χ3n) is 3.33. The molecule has 2 rings (SSSR count). The van der Waals surface area contributed by atoms with Gasteiger partial charge in [0, 0.05) is 12.1 Å². The van der Waals surface area contributed by atoms with E-state index in [0.29, 0.717) is 6.07 Å². The van der Waals surface area contributed by atoms with Gasteiger partial charge in [0.15, 0.2) is 23.6 Å². The molecule has 0 aliphatic heterocycles. The van der Waals surface area contributed by atoms with Crippen molar-refractivity contribution < 1.29 is 32.4 Å². The molecule has 7 nitrogen and oxygen atoms in total. The molecule has 0 unspecified atom stereocenters. The molecule has 0 heterocycles. The van der Waals surface area contributed by atoms with Crippen molar-refractivity contribution >= 4 is 34.9 Å². The number of rotatable bonds is 5. The maximum Gasteiger partial charge on any atom is 0.340 e. The van der Waals surface area contributed by atoms with E-state index in [2.05, 4.69) is 0 Å². The minimum absolute atomic E-state index is 0.235. The van der Waals surface area contributed by atoms with Crippen LogP contribution in [0.3, 0.4) is 0 Å². The Kier molecular flexibility index (Phi) is 6.01. The summed E-state index contributed by atoms with van der Waals surface area (Å²) >= 11 is 5.78. The van der Waals surface area contributed by atoms with Crippen molar-refractivity contribution in [3.63, 3.8) is 0 Å². The first kappa shape index (κ1) is 20.2. The zero-order valence-corrected chi connectivity index (χ0v) is 14.2. The molecule has 0 aromatic heterocycles. The molecule has 2 aromatic carbocycles. The summed E-state index contributed by atoms with van der Waals surface area (Å²) in [5, 5.41) is 12.3. The van der Waals surface area contributed by atoms with Gasteiger partial charge >= 0.3 is 5.97 Å². The van der Waals surface area contributed by atoms with Crippen LogP contribution in [0.4, 0.5) is 24.5 Å². The predicted molar refractivity (Wildman–Crippen MR) is 87.9 cm³/mol. The lowest BCUT2D eigenvalue weighted by molar-refractivity contribution is -0.384. The van der Waals surface area contributed by atoms with Crippen molar-refractivity contribution in [1.82, 2.24) is 0 Å². The van der Waals surface area contributed by atoms with E-state index in [1.807, 2.05) is 5.32 Å². The van der Waals surface area contributed by atoms with Crippen LogP contribution in [-0.4, -0.2) is 22.9 Å². The number of carbonyl (C=O) groups is 2. The lowest BCUT2D eigenvalue weighted by Gasteiger charge is -2.14. The number of ether oxygens (including phenoxy) is 1. The van der Waals surface area contributed by atoms with E-state index in [-0.39, 0.29) is 16.3 Å². The first-order valence-electron chi connectivity index (χ1n) is 7.21. The number of carbonyl (C=O) groups excluding carboxylic acids is 2. The maximum atomic E-state index is 13.6. The Morgan fingerprint density at radius 1 is 1.19 bits per heavy atom. The number of nitrogens with zero attached hydrogens (tertiary/aromatic N) is 1. The zero-order chi connectivity index (χ0) is 20.3. The Labute approximate surface area is 154 Å². The maximum absolute atomic E-state index is 13.6. The van der Waals surface area contributed by atoms with E-state index >= 15 is 0 Å². The monoisotopic (exact) mass is 402 g/mol. The van der Waals surface area contributed by atoms with Gasteiger partial charge in [-0.2, -0.15) is 0 Å². The molecule has 0 saturated heterocycles. The summed E-state index contributed by atoms with van der Waals surface area (Å²) in [6, 6.07) is 4.40. The van der Waals surface area contributed by atoms with Crippen molar-refractivity contribution in [2.75, 3.05) is 5.32 Å². The number of hydrogen-bond donors (Lipinski definition) is 1. The standard InChI is InChI=1S/C16H10ClF3N2O5/c1-7(15(23)21-12-5-4-11(18)13(19)14(12)20)27-16(24)9-3-2-8(22(25)26)6-10(9)17/h2-7H,1H3,(H,21,23)/t7-/m0/s1. The molecule has 1 N–H and O–H groups in total. The number of halogens is 4. The van der Waals surface area contributed by atoms with Gasteiger partial charge in [-0.25, -0.2) is 18.0 Å². The smallest absolute Gasteiger partial charge is 0.340 e. The average Bonchev–Trinajstić information content (AvgIpc) is 2.61. The van der Waals surface area contributed by atoms with Crippen LogP contribution < -0.4 is 5.32 Å². The Balaban J connectivity index is 2.09. The third-order valence-corrected chi connectivity index (χ3v) is 3.64. The van der Waals surface area contributed by atoms with E-state index in [0.717, 1.165) is 31.2 Å². The van der Waals surface area contributed by atoms with E-state index in [1.165, 1.54) is 0 Å². The number of nitrogens with one attached hydrogen (secondary N) is 1. The molecule has 0 saturated carbocycles. The molecular weight excluding hydrogens is 393 g/mol. The van der Waals surface area contributed by atoms with Crippen LogP contribution in [-0.2, 0) is 9.53 Å². The minimum Gasteiger partial charge on any atom is -0.449 e. The Morgan fingerprint density at radius 2 is 1.85 bits per heavy atom. The number of anilines is 1. The number of nitro benzene ring substituents is 1. The second-order valence-corrected chi connectivity index (χ2v) is 5.59. The molecule has 1 atom stereocenters. The van der Waals surface area contributed by atoms with E-state index in [4.69, 9.17) is 16.3 Å². The summed E-state index contributed by atoms with van der Waals surface area (Å²) in [4.78, 5) is 33.9. The first-order valence-corrected chi connectivity index (χ1v) is 7.59. The molecule has 0 aliphatic carbocycles. The predicted octanol–water partition coefficient (Wildman–Crippen LogP) is 3.85. The van der Waals surface area contributed by atoms with Crippen LogP contribution >= 0.6 is 11.6 Å². The van der Waals surface area contributed by atoms with Gasteiger partial charge in [0.25, 0.3) is 11.6 Å². The zero-order valence-electron chi connectivity index (χ0n) is 13.5. The summed E-state index contributed by atoms with van der Waals surface area (Å²) < 4.78 is 44.4. The number of esters is 1. The Morgan fingerprint density at radius 3 is 2.44 bits per heavy atom. The SMILES string of the molecule is C[C@H](OC(=O)c1ccc([N+](=O)[O-])cc1Cl)C(=O)Nc1ccc(F)c(F)c1F. The highest BCUT2D eigenvalue weighted by Crippen LogP contribution is 2.24. The lowest BCUT2D eigenvalue weighted by atomic mass is 10.2.